The van der Waals surface area contributed by atoms with Crippen LogP contribution in [0.2, 0.25) is 5.02 Å². The van der Waals surface area contributed by atoms with Crippen molar-refractivity contribution in [2.45, 2.75) is 13.0 Å². The fraction of sp³-hybridized carbons (Fsp3) is 0.429. The number of rotatable bonds is 6. The van der Waals surface area contributed by atoms with Crippen LogP contribution in [0.25, 0.3) is 0 Å². The fourth-order valence-electron chi connectivity index (χ4n) is 2.19. The number of benzene rings is 1. The Morgan fingerprint density at radius 2 is 2.26 bits per heavy atom. The molecule has 1 aliphatic heterocycles. The van der Waals surface area contributed by atoms with E-state index in [9.17, 15) is 19.7 Å². The van der Waals surface area contributed by atoms with Crippen molar-refractivity contribution < 1.29 is 14.5 Å². The van der Waals surface area contributed by atoms with Gasteiger partial charge in [-0.3, -0.25) is 19.7 Å². The first-order chi connectivity index (χ1) is 10.9. The molecule has 23 heavy (non-hydrogen) atoms. The number of hydrogen-bond donors (Lipinski definition) is 0. The van der Waals surface area contributed by atoms with Gasteiger partial charge in [0.15, 0.2) is 0 Å². The SMILES string of the molecule is CN(Cc1cc([N+](=O)[O-])ccc1Cl)C(=O)CCN1CCSC1=O. The third kappa shape index (κ3) is 4.59. The van der Waals surface area contributed by atoms with Gasteiger partial charge in [0, 0.05) is 56.0 Å². The zero-order chi connectivity index (χ0) is 17.0. The molecule has 124 valence electrons. The van der Waals surface area contributed by atoms with Crippen molar-refractivity contribution in [2.24, 2.45) is 0 Å². The Morgan fingerprint density at radius 1 is 1.52 bits per heavy atom. The minimum Gasteiger partial charge on any atom is -0.341 e. The number of carbonyl (C=O) groups is 2. The molecule has 2 amide bonds. The van der Waals surface area contributed by atoms with E-state index in [-0.39, 0.29) is 29.8 Å². The molecule has 0 atom stereocenters. The maximum Gasteiger partial charge on any atom is 0.281 e. The van der Waals surface area contributed by atoms with Crippen molar-refractivity contribution in [3.05, 3.63) is 38.9 Å². The van der Waals surface area contributed by atoms with E-state index in [0.717, 1.165) is 5.75 Å². The van der Waals surface area contributed by atoms with E-state index < -0.39 is 4.92 Å². The van der Waals surface area contributed by atoms with Crippen LogP contribution >= 0.6 is 23.4 Å². The molecule has 1 fully saturated rings. The molecule has 0 aliphatic carbocycles. The largest absolute Gasteiger partial charge is 0.341 e. The summed E-state index contributed by atoms with van der Waals surface area (Å²) < 4.78 is 0. The van der Waals surface area contributed by atoms with Gasteiger partial charge in [-0.2, -0.15) is 0 Å². The summed E-state index contributed by atoms with van der Waals surface area (Å²) in [6.45, 7) is 1.23. The molecule has 0 N–H and O–H groups in total. The van der Waals surface area contributed by atoms with Crippen molar-refractivity contribution in [3.8, 4) is 0 Å². The second-order valence-corrected chi connectivity index (χ2v) is 6.59. The van der Waals surface area contributed by atoms with Crippen molar-refractivity contribution >= 4 is 40.2 Å². The zero-order valence-electron chi connectivity index (χ0n) is 12.5. The van der Waals surface area contributed by atoms with Crippen LogP contribution in [0.15, 0.2) is 18.2 Å². The van der Waals surface area contributed by atoms with E-state index >= 15 is 0 Å². The lowest BCUT2D eigenvalue weighted by atomic mass is 10.2. The summed E-state index contributed by atoms with van der Waals surface area (Å²) in [5, 5.41) is 11.2. The zero-order valence-corrected chi connectivity index (χ0v) is 14.1. The Hall–Kier alpha value is -1.80. The summed E-state index contributed by atoms with van der Waals surface area (Å²) in [6.07, 6.45) is 0.218. The van der Waals surface area contributed by atoms with Crippen molar-refractivity contribution in [2.75, 3.05) is 25.9 Å². The number of hydrogen-bond acceptors (Lipinski definition) is 5. The second-order valence-electron chi connectivity index (χ2n) is 5.13. The highest BCUT2D eigenvalue weighted by Gasteiger charge is 2.22. The number of carbonyl (C=O) groups excluding carboxylic acids is 2. The summed E-state index contributed by atoms with van der Waals surface area (Å²) in [7, 11) is 1.61. The molecule has 0 bridgehead atoms. The summed E-state index contributed by atoms with van der Waals surface area (Å²) >= 11 is 7.29. The highest BCUT2D eigenvalue weighted by Crippen LogP contribution is 2.23. The molecule has 1 aromatic carbocycles. The van der Waals surface area contributed by atoms with Gasteiger partial charge in [-0.05, 0) is 11.6 Å². The molecule has 1 aliphatic rings. The van der Waals surface area contributed by atoms with Gasteiger partial charge in [0.25, 0.3) is 10.9 Å². The summed E-state index contributed by atoms with van der Waals surface area (Å²) in [5.74, 6) is 0.615. The Morgan fingerprint density at radius 3 is 2.87 bits per heavy atom. The molecule has 1 aromatic rings. The molecule has 9 heteroatoms. The second kappa shape index (κ2) is 7.65. The van der Waals surface area contributed by atoms with Crippen LogP contribution in [0.3, 0.4) is 0 Å². The summed E-state index contributed by atoms with van der Waals surface area (Å²) in [6, 6.07) is 4.14. The first-order valence-electron chi connectivity index (χ1n) is 6.97. The van der Waals surface area contributed by atoms with Gasteiger partial charge >= 0.3 is 0 Å². The monoisotopic (exact) mass is 357 g/mol. The number of halogens is 1. The van der Waals surface area contributed by atoms with Crippen molar-refractivity contribution in [1.82, 2.24) is 9.80 Å². The van der Waals surface area contributed by atoms with Gasteiger partial charge in [-0.25, -0.2) is 0 Å². The molecule has 0 aromatic heterocycles. The smallest absolute Gasteiger partial charge is 0.281 e. The molecule has 1 heterocycles. The summed E-state index contributed by atoms with van der Waals surface area (Å²) in [5.41, 5.74) is 0.453. The highest BCUT2D eigenvalue weighted by molar-refractivity contribution is 8.13. The number of nitro groups is 1. The average molecular weight is 358 g/mol. The summed E-state index contributed by atoms with van der Waals surface area (Å²) in [4.78, 5) is 37.0. The average Bonchev–Trinajstić information content (AvgIpc) is 2.91. The lowest BCUT2D eigenvalue weighted by Gasteiger charge is -2.20. The fourth-order valence-corrected chi connectivity index (χ4v) is 3.22. The maximum atomic E-state index is 12.1. The standard InChI is InChI=1S/C14H16ClN3O4S/c1-16(13(19)4-5-17-6-7-23-14(17)20)9-10-8-11(18(21)22)2-3-12(10)15/h2-3,8H,4-7,9H2,1H3. The van der Waals surface area contributed by atoms with E-state index in [1.54, 1.807) is 11.9 Å². The van der Waals surface area contributed by atoms with Gasteiger partial charge in [0.2, 0.25) is 5.91 Å². The van der Waals surface area contributed by atoms with Crippen LogP contribution < -0.4 is 0 Å². The van der Waals surface area contributed by atoms with Crippen LogP contribution in [0.4, 0.5) is 10.5 Å². The molecule has 7 nitrogen and oxygen atoms in total. The minimum absolute atomic E-state index is 0.00202. The van der Waals surface area contributed by atoms with Gasteiger partial charge < -0.3 is 9.80 Å². The van der Waals surface area contributed by atoms with Crippen LogP contribution in [0.1, 0.15) is 12.0 Å². The Labute approximate surface area is 142 Å². The van der Waals surface area contributed by atoms with Crippen LogP contribution in [0, 0.1) is 10.1 Å². The maximum absolute atomic E-state index is 12.1. The molecular formula is C14H16ClN3O4S. The van der Waals surface area contributed by atoms with E-state index in [1.807, 2.05) is 0 Å². The first-order valence-corrected chi connectivity index (χ1v) is 8.33. The molecule has 0 unspecified atom stereocenters. The third-order valence-electron chi connectivity index (χ3n) is 3.51. The van der Waals surface area contributed by atoms with Gasteiger partial charge in [-0.15, -0.1) is 0 Å². The molecule has 1 saturated heterocycles. The van der Waals surface area contributed by atoms with Crippen molar-refractivity contribution in [3.63, 3.8) is 0 Å². The number of amides is 2. The van der Waals surface area contributed by atoms with E-state index in [2.05, 4.69) is 0 Å². The quantitative estimate of drug-likeness (QED) is 0.577. The topological polar surface area (TPSA) is 83.8 Å². The number of non-ortho nitro benzene ring substituents is 1. The molecule has 2 rings (SSSR count). The number of nitro benzene ring substituents is 1. The minimum atomic E-state index is -0.502. The molecule has 0 spiro atoms. The Kier molecular flexibility index (Phi) is 5.84. The number of nitrogens with zero attached hydrogens (tertiary/aromatic N) is 3. The van der Waals surface area contributed by atoms with E-state index in [4.69, 9.17) is 11.6 Å². The van der Waals surface area contributed by atoms with E-state index in [0.29, 0.717) is 23.7 Å². The van der Waals surface area contributed by atoms with Crippen LogP contribution in [0.5, 0.6) is 0 Å². The van der Waals surface area contributed by atoms with Crippen LogP contribution in [-0.2, 0) is 11.3 Å². The predicted molar refractivity (Wildman–Crippen MR) is 88.6 cm³/mol. The molecule has 0 saturated carbocycles. The van der Waals surface area contributed by atoms with Gasteiger partial charge in [0.05, 0.1) is 4.92 Å². The molecule has 0 radical (unpaired) electrons. The third-order valence-corrected chi connectivity index (χ3v) is 4.77. The Bertz CT molecular complexity index is 640. The highest BCUT2D eigenvalue weighted by atomic mass is 35.5. The van der Waals surface area contributed by atoms with E-state index in [1.165, 1.54) is 34.9 Å². The first kappa shape index (κ1) is 17.6. The Balaban J connectivity index is 1.94. The van der Waals surface area contributed by atoms with Crippen LogP contribution in [-0.4, -0.2) is 51.8 Å². The number of thioether (sulfide) groups is 1. The van der Waals surface area contributed by atoms with Gasteiger partial charge in [-0.1, -0.05) is 23.4 Å². The predicted octanol–water partition coefficient (Wildman–Crippen LogP) is 2.77. The molecular weight excluding hydrogens is 342 g/mol. The lowest BCUT2D eigenvalue weighted by molar-refractivity contribution is -0.384. The normalized spacial score (nSPS) is 14.2. The van der Waals surface area contributed by atoms with Gasteiger partial charge in [0.1, 0.15) is 0 Å². The van der Waals surface area contributed by atoms with Crippen molar-refractivity contribution in [1.29, 1.82) is 0 Å². The lowest BCUT2D eigenvalue weighted by Crippen LogP contribution is -2.32.